The SMILES string of the molecule is COCCOc1cccc(CNC(=O)c2ccc(COC)o2)c1. The second kappa shape index (κ2) is 8.97. The molecule has 1 aromatic heterocycles. The second-order valence-corrected chi connectivity index (χ2v) is 4.87. The molecule has 1 amide bonds. The fourth-order valence-corrected chi connectivity index (χ4v) is 1.98. The molecule has 0 aliphatic rings. The molecule has 0 saturated heterocycles. The standard InChI is InChI=1S/C17H21NO5/c1-20-8-9-22-14-5-3-4-13(10-14)11-18-17(19)16-7-6-15(23-16)12-21-2/h3-7,10H,8-9,11-12H2,1-2H3,(H,18,19). The molecule has 2 aromatic rings. The molecule has 1 heterocycles. The van der Waals surface area contributed by atoms with Crippen LogP contribution in [0.25, 0.3) is 0 Å². The van der Waals surface area contributed by atoms with Crippen LogP contribution in [0.5, 0.6) is 5.75 Å². The minimum atomic E-state index is -0.266. The molecule has 0 atom stereocenters. The van der Waals surface area contributed by atoms with Gasteiger partial charge in [-0.25, -0.2) is 0 Å². The van der Waals surface area contributed by atoms with E-state index in [0.717, 1.165) is 11.3 Å². The summed E-state index contributed by atoms with van der Waals surface area (Å²) in [5.74, 6) is 1.36. The number of hydrogen-bond donors (Lipinski definition) is 1. The van der Waals surface area contributed by atoms with Crippen molar-refractivity contribution in [2.24, 2.45) is 0 Å². The third-order valence-corrected chi connectivity index (χ3v) is 3.08. The number of carbonyl (C=O) groups excluding carboxylic acids is 1. The predicted octanol–water partition coefficient (Wildman–Crippen LogP) is 2.38. The van der Waals surface area contributed by atoms with E-state index < -0.39 is 0 Å². The van der Waals surface area contributed by atoms with Crippen molar-refractivity contribution in [3.63, 3.8) is 0 Å². The van der Waals surface area contributed by atoms with Crippen LogP contribution in [-0.2, 0) is 22.6 Å². The predicted molar refractivity (Wildman–Crippen MR) is 84.4 cm³/mol. The van der Waals surface area contributed by atoms with Gasteiger partial charge < -0.3 is 23.9 Å². The zero-order valence-corrected chi connectivity index (χ0v) is 13.3. The number of furan rings is 1. The van der Waals surface area contributed by atoms with Crippen molar-refractivity contribution in [2.75, 3.05) is 27.4 Å². The number of rotatable bonds is 9. The van der Waals surface area contributed by atoms with Crippen LogP contribution >= 0.6 is 0 Å². The van der Waals surface area contributed by atoms with Crippen molar-refractivity contribution < 1.29 is 23.4 Å². The first kappa shape index (κ1) is 17.1. The molecule has 0 aliphatic heterocycles. The van der Waals surface area contributed by atoms with Crippen molar-refractivity contribution in [1.82, 2.24) is 5.32 Å². The molecule has 0 spiro atoms. The molecule has 23 heavy (non-hydrogen) atoms. The average Bonchev–Trinajstić information content (AvgIpc) is 3.02. The lowest BCUT2D eigenvalue weighted by molar-refractivity contribution is 0.0914. The van der Waals surface area contributed by atoms with Crippen LogP contribution in [0.4, 0.5) is 0 Å². The summed E-state index contributed by atoms with van der Waals surface area (Å²) in [6, 6.07) is 10.9. The highest BCUT2D eigenvalue weighted by molar-refractivity contribution is 5.91. The lowest BCUT2D eigenvalue weighted by Gasteiger charge is -2.08. The van der Waals surface area contributed by atoms with Gasteiger partial charge in [-0.3, -0.25) is 4.79 Å². The van der Waals surface area contributed by atoms with E-state index in [-0.39, 0.29) is 11.7 Å². The Morgan fingerprint density at radius 1 is 1.13 bits per heavy atom. The van der Waals surface area contributed by atoms with Gasteiger partial charge in [0.15, 0.2) is 5.76 Å². The first-order chi connectivity index (χ1) is 11.2. The van der Waals surface area contributed by atoms with E-state index in [1.807, 2.05) is 24.3 Å². The highest BCUT2D eigenvalue weighted by atomic mass is 16.5. The van der Waals surface area contributed by atoms with Crippen molar-refractivity contribution in [2.45, 2.75) is 13.2 Å². The molecule has 0 aliphatic carbocycles. The van der Waals surface area contributed by atoms with Gasteiger partial charge in [-0.15, -0.1) is 0 Å². The molecule has 124 valence electrons. The van der Waals surface area contributed by atoms with Gasteiger partial charge in [0, 0.05) is 20.8 Å². The van der Waals surface area contributed by atoms with Crippen molar-refractivity contribution in [1.29, 1.82) is 0 Å². The maximum Gasteiger partial charge on any atom is 0.287 e. The summed E-state index contributed by atoms with van der Waals surface area (Å²) >= 11 is 0. The highest BCUT2D eigenvalue weighted by Crippen LogP contribution is 2.14. The Morgan fingerprint density at radius 3 is 2.78 bits per heavy atom. The Morgan fingerprint density at radius 2 is 2.00 bits per heavy atom. The Bertz CT molecular complexity index is 623. The smallest absolute Gasteiger partial charge is 0.287 e. The summed E-state index contributed by atoms with van der Waals surface area (Å²) in [7, 11) is 3.20. The molecule has 2 rings (SSSR count). The number of benzene rings is 1. The van der Waals surface area contributed by atoms with Crippen LogP contribution in [0.15, 0.2) is 40.8 Å². The average molecular weight is 319 g/mol. The molecule has 0 unspecified atom stereocenters. The Kier molecular flexibility index (Phi) is 6.65. The first-order valence-corrected chi connectivity index (χ1v) is 7.29. The molecule has 1 N–H and O–H groups in total. The van der Waals surface area contributed by atoms with Gasteiger partial charge in [-0.05, 0) is 29.8 Å². The highest BCUT2D eigenvalue weighted by Gasteiger charge is 2.11. The maximum atomic E-state index is 12.0. The molecule has 1 aromatic carbocycles. The third kappa shape index (κ3) is 5.43. The summed E-state index contributed by atoms with van der Waals surface area (Å²) in [6.07, 6.45) is 0. The second-order valence-electron chi connectivity index (χ2n) is 4.87. The van der Waals surface area contributed by atoms with Gasteiger partial charge in [0.05, 0.1) is 6.61 Å². The van der Waals surface area contributed by atoms with Gasteiger partial charge in [-0.2, -0.15) is 0 Å². The molecular formula is C17H21NO5. The summed E-state index contributed by atoms with van der Waals surface area (Å²) in [5, 5.41) is 2.81. The van der Waals surface area contributed by atoms with Gasteiger partial charge in [-0.1, -0.05) is 12.1 Å². The molecule has 6 heteroatoms. The monoisotopic (exact) mass is 319 g/mol. The Balaban J connectivity index is 1.86. The van der Waals surface area contributed by atoms with Gasteiger partial charge >= 0.3 is 0 Å². The van der Waals surface area contributed by atoms with E-state index in [1.165, 1.54) is 0 Å². The van der Waals surface area contributed by atoms with Crippen molar-refractivity contribution >= 4 is 5.91 Å². The number of amides is 1. The number of nitrogens with one attached hydrogen (secondary N) is 1. The minimum absolute atomic E-state index is 0.266. The fourth-order valence-electron chi connectivity index (χ4n) is 1.98. The summed E-state index contributed by atoms with van der Waals surface area (Å²) in [5.41, 5.74) is 0.942. The van der Waals surface area contributed by atoms with E-state index in [1.54, 1.807) is 26.4 Å². The van der Waals surface area contributed by atoms with Crippen LogP contribution in [0, 0.1) is 0 Å². The van der Waals surface area contributed by atoms with Gasteiger partial charge in [0.2, 0.25) is 0 Å². The van der Waals surface area contributed by atoms with Crippen LogP contribution in [0.2, 0.25) is 0 Å². The molecule has 6 nitrogen and oxygen atoms in total. The number of ether oxygens (including phenoxy) is 3. The third-order valence-electron chi connectivity index (χ3n) is 3.08. The topological polar surface area (TPSA) is 69.9 Å². The van der Waals surface area contributed by atoms with E-state index in [4.69, 9.17) is 18.6 Å². The largest absolute Gasteiger partial charge is 0.491 e. The van der Waals surface area contributed by atoms with Crippen molar-refractivity contribution in [3.8, 4) is 5.75 Å². The summed E-state index contributed by atoms with van der Waals surface area (Å²) in [4.78, 5) is 12.0. The lowest BCUT2D eigenvalue weighted by atomic mass is 10.2. The first-order valence-electron chi connectivity index (χ1n) is 7.29. The van der Waals surface area contributed by atoms with Crippen LogP contribution in [0.3, 0.4) is 0 Å². The Labute approximate surface area is 135 Å². The summed E-state index contributed by atoms with van der Waals surface area (Å²) < 4.78 is 20.8. The van der Waals surface area contributed by atoms with Crippen LogP contribution in [-0.4, -0.2) is 33.3 Å². The van der Waals surface area contributed by atoms with Gasteiger partial charge in [0.1, 0.15) is 24.7 Å². The number of hydrogen-bond acceptors (Lipinski definition) is 5. The van der Waals surface area contributed by atoms with Crippen molar-refractivity contribution in [3.05, 3.63) is 53.5 Å². The van der Waals surface area contributed by atoms with Crippen LogP contribution in [0.1, 0.15) is 21.9 Å². The normalized spacial score (nSPS) is 10.5. The van der Waals surface area contributed by atoms with E-state index >= 15 is 0 Å². The maximum absolute atomic E-state index is 12.0. The number of carbonyl (C=O) groups is 1. The fraction of sp³-hybridized carbons (Fsp3) is 0.353. The minimum Gasteiger partial charge on any atom is -0.491 e. The Hall–Kier alpha value is -2.31. The molecule has 0 saturated carbocycles. The zero-order chi connectivity index (χ0) is 16.5. The van der Waals surface area contributed by atoms with E-state index in [0.29, 0.717) is 32.1 Å². The summed E-state index contributed by atoms with van der Waals surface area (Å²) in [6.45, 7) is 1.75. The van der Waals surface area contributed by atoms with E-state index in [2.05, 4.69) is 5.32 Å². The zero-order valence-electron chi connectivity index (χ0n) is 13.3. The van der Waals surface area contributed by atoms with Crippen LogP contribution < -0.4 is 10.1 Å². The quantitative estimate of drug-likeness (QED) is 0.719. The molecule has 0 bridgehead atoms. The van der Waals surface area contributed by atoms with E-state index in [9.17, 15) is 4.79 Å². The van der Waals surface area contributed by atoms with Gasteiger partial charge in [0.25, 0.3) is 5.91 Å². The molecular weight excluding hydrogens is 298 g/mol. The lowest BCUT2D eigenvalue weighted by Crippen LogP contribution is -2.22. The molecule has 0 radical (unpaired) electrons. The molecule has 0 fully saturated rings. The number of methoxy groups -OCH3 is 2.